The zero-order chi connectivity index (χ0) is 38.6. The van der Waals surface area contributed by atoms with Gasteiger partial charge in [-0.05, 0) is 0 Å². The highest BCUT2D eigenvalue weighted by molar-refractivity contribution is 5.79. The second-order valence-electron chi connectivity index (χ2n) is 7.54. The average Bonchev–Trinajstić information content (AvgIpc) is 2.79. The molecular formula is C16F26O5. The summed E-state index contributed by atoms with van der Waals surface area (Å²) >= 11 is 0. The molecule has 0 aromatic carbocycles. The fourth-order valence-electron chi connectivity index (χ4n) is 2.05. The van der Waals surface area contributed by atoms with Gasteiger partial charge >= 0.3 is 84.2 Å². The molecule has 0 radical (unpaired) electrons. The number of rotatable bonds is 10. The Kier molecular flexibility index (Phi) is 11.2. The van der Waals surface area contributed by atoms with Crippen molar-refractivity contribution in [1.82, 2.24) is 0 Å². The third-order valence-electron chi connectivity index (χ3n) is 4.35. The number of hydrogen-bond acceptors (Lipinski definition) is 5. The van der Waals surface area contributed by atoms with Crippen LogP contribution in [0.4, 0.5) is 114 Å². The fourth-order valence-corrected chi connectivity index (χ4v) is 2.05. The predicted octanol–water partition coefficient (Wildman–Crippen LogP) is 8.43. The number of esters is 2. The van der Waals surface area contributed by atoms with Crippen molar-refractivity contribution in [3.63, 3.8) is 0 Å². The maximum atomic E-state index is 14.3. The van der Waals surface area contributed by atoms with Crippen LogP contribution in [0.15, 0.2) is 23.7 Å². The van der Waals surface area contributed by atoms with Crippen molar-refractivity contribution in [3.8, 4) is 0 Å². The van der Waals surface area contributed by atoms with Gasteiger partial charge in [0.05, 0.1) is 0 Å². The van der Waals surface area contributed by atoms with E-state index in [1.54, 1.807) is 9.47 Å². The number of ether oxygens (including phenoxy) is 3. The Labute approximate surface area is 235 Å². The van der Waals surface area contributed by atoms with E-state index in [1.165, 1.54) is 0 Å². The minimum Gasteiger partial charge on any atom is -0.441 e. The molecule has 0 saturated heterocycles. The third-order valence-corrected chi connectivity index (χ3v) is 4.35. The summed E-state index contributed by atoms with van der Waals surface area (Å²) in [6, 6.07) is 0. The highest BCUT2D eigenvalue weighted by Gasteiger charge is 2.83. The fraction of sp³-hybridized carbons (Fsp3) is 0.625. The molecule has 0 heterocycles. The lowest BCUT2D eigenvalue weighted by Gasteiger charge is -2.37. The zero-order valence-electron chi connectivity index (χ0n) is 19.9. The van der Waals surface area contributed by atoms with E-state index >= 15 is 0 Å². The van der Waals surface area contributed by atoms with Gasteiger partial charge in [-0.1, -0.05) is 0 Å². The van der Waals surface area contributed by atoms with Crippen molar-refractivity contribution in [1.29, 1.82) is 0 Å². The van der Waals surface area contributed by atoms with Gasteiger partial charge in [-0.25, -0.2) is 9.59 Å². The molecule has 0 bridgehead atoms. The van der Waals surface area contributed by atoms with Gasteiger partial charge in [0.15, 0.2) is 0 Å². The molecule has 0 aliphatic heterocycles. The van der Waals surface area contributed by atoms with Crippen LogP contribution in [-0.4, -0.2) is 72.0 Å². The van der Waals surface area contributed by atoms with E-state index in [-0.39, 0.29) is 0 Å². The molecule has 276 valence electrons. The summed E-state index contributed by atoms with van der Waals surface area (Å²) in [5, 5.41) is 0. The van der Waals surface area contributed by atoms with Gasteiger partial charge in [-0.15, -0.1) is 0 Å². The van der Waals surface area contributed by atoms with Gasteiger partial charge in [0.2, 0.25) is 11.5 Å². The van der Waals surface area contributed by atoms with E-state index in [1.807, 2.05) is 4.74 Å². The number of halogens is 26. The summed E-state index contributed by atoms with van der Waals surface area (Å²) in [7, 11) is 0. The predicted molar refractivity (Wildman–Crippen MR) is 83.4 cm³/mol. The molecule has 0 fully saturated rings. The summed E-state index contributed by atoms with van der Waals surface area (Å²) in [6.07, 6.45) is -42.0. The van der Waals surface area contributed by atoms with Crippen LogP contribution in [0.3, 0.4) is 0 Å². The topological polar surface area (TPSA) is 61.8 Å². The van der Waals surface area contributed by atoms with E-state index in [4.69, 9.17) is 0 Å². The van der Waals surface area contributed by atoms with E-state index < -0.39 is 95.7 Å². The zero-order valence-corrected chi connectivity index (χ0v) is 19.9. The van der Waals surface area contributed by atoms with E-state index in [0.717, 1.165) is 0 Å². The van der Waals surface area contributed by atoms with E-state index in [0.29, 0.717) is 0 Å². The molecule has 0 N–H and O–H groups in total. The lowest BCUT2D eigenvalue weighted by molar-refractivity contribution is -0.397. The highest BCUT2D eigenvalue weighted by Crippen LogP contribution is 2.56. The monoisotopic (exact) mass is 766 g/mol. The minimum atomic E-state index is -8.35. The molecule has 0 rings (SSSR count). The lowest BCUT2D eigenvalue weighted by Crippen LogP contribution is -2.63. The van der Waals surface area contributed by atoms with Crippen molar-refractivity contribution >= 4 is 11.9 Å². The molecule has 0 aliphatic rings. The first-order chi connectivity index (χ1) is 20.1. The maximum Gasteiger partial charge on any atom is 0.467 e. The van der Waals surface area contributed by atoms with E-state index in [2.05, 4.69) is 0 Å². The molecular weight excluding hydrogens is 766 g/mol. The molecule has 0 saturated carbocycles. The van der Waals surface area contributed by atoms with Crippen LogP contribution < -0.4 is 0 Å². The third kappa shape index (κ3) is 7.45. The van der Waals surface area contributed by atoms with Gasteiger partial charge in [0.1, 0.15) is 0 Å². The van der Waals surface area contributed by atoms with Gasteiger partial charge in [0.25, 0.3) is 0 Å². The second kappa shape index (κ2) is 12.1. The Hall–Kier alpha value is -3.60. The maximum absolute atomic E-state index is 14.3. The van der Waals surface area contributed by atoms with Crippen LogP contribution >= 0.6 is 0 Å². The summed E-state index contributed by atoms with van der Waals surface area (Å²) in [5.74, 6) is -69.5. The van der Waals surface area contributed by atoms with Crippen LogP contribution in [-0.2, 0) is 23.8 Å². The molecule has 47 heavy (non-hydrogen) atoms. The Balaban J connectivity index is 7.54. The summed E-state index contributed by atoms with van der Waals surface area (Å²) in [4.78, 5) is 21.6. The van der Waals surface area contributed by atoms with Gasteiger partial charge in [-0.2, -0.15) is 114 Å². The molecule has 0 aliphatic carbocycles. The first-order valence-electron chi connectivity index (χ1n) is 9.55. The number of hydrogen-bond donors (Lipinski definition) is 0. The summed E-state index contributed by atoms with van der Waals surface area (Å²) in [6.45, 7) is 0. The van der Waals surface area contributed by atoms with Crippen LogP contribution in [0.1, 0.15) is 0 Å². The Morgan fingerprint density at radius 3 is 0.702 bits per heavy atom. The Morgan fingerprint density at radius 1 is 0.340 bits per heavy atom. The number of carbonyl (C=O) groups excluding carboxylic acids is 2. The van der Waals surface area contributed by atoms with Crippen molar-refractivity contribution in [2.45, 2.75) is 60.1 Å². The SMILES string of the molecule is O=C(OC(F)(C(F)(F)F)C(F)(F)C(OC(=C(F)F)C(F)(F)C(F)(OC(=O)C(F)(F)C(F)(F)F)C(F)(F)F)=C(F)F)C(F)(F)C(F)(F)F. The lowest BCUT2D eigenvalue weighted by atomic mass is 10.1. The van der Waals surface area contributed by atoms with Crippen LogP contribution in [0.5, 0.6) is 0 Å². The molecule has 5 nitrogen and oxygen atoms in total. The molecule has 0 aromatic rings. The number of alkyl halides is 22. The van der Waals surface area contributed by atoms with Crippen LogP contribution in [0.25, 0.3) is 0 Å². The normalized spacial score (nSPS) is 16.8. The summed E-state index contributed by atoms with van der Waals surface area (Å²) in [5.41, 5.74) is 0. The molecule has 0 aromatic heterocycles. The minimum absolute atomic E-state index is 1.56. The molecule has 2 atom stereocenters. The average molecular weight is 766 g/mol. The first kappa shape index (κ1) is 43.4. The molecule has 0 spiro atoms. The quantitative estimate of drug-likeness (QED) is 0.127. The van der Waals surface area contributed by atoms with Crippen LogP contribution in [0.2, 0.25) is 0 Å². The largest absolute Gasteiger partial charge is 0.467 e. The van der Waals surface area contributed by atoms with Crippen LogP contribution in [0, 0.1) is 0 Å². The molecule has 0 amide bonds. The van der Waals surface area contributed by atoms with Gasteiger partial charge in [-0.3, -0.25) is 0 Å². The Morgan fingerprint density at radius 2 is 0.553 bits per heavy atom. The smallest absolute Gasteiger partial charge is 0.441 e. The van der Waals surface area contributed by atoms with Gasteiger partial charge in [0, 0.05) is 0 Å². The summed E-state index contributed by atoms with van der Waals surface area (Å²) < 4.78 is 345. The van der Waals surface area contributed by atoms with E-state index in [9.17, 15) is 124 Å². The molecule has 31 heteroatoms. The first-order valence-corrected chi connectivity index (χ1v) is 9.55. The van der Waals surface area contributed by atoms with Crippen molar-refractivity contribution in [2.24, 2.45) is 0 Å². The van der Waals surface area contributed by atoms with Crippen molar-refractivity contribution in [3.05, 3.63) is 23.7 Å². The highest BCUT2D eigenvalue weighted by atomic mass is 19.4. The Bertz CT molecular complexity index is 1160. The van der Waals surface area contributed by atoms with Crippen molar-refractivity contribution < 1.29 is 138 Å². The standard InChI is InChI=1S/C16F26O5/c17-3(18)1(7(21,22)11(29,15(37,38)39)46-5(43)9(25,26)13(31,32)33)45-2(4(19)20)8(23,24)12(30,16(40,41)42)47-6(44)10(27,28)14(34,35)36. The van der Waals surface area contributed by atoms with Crippen molar-refractivity contribution in [2.75, 3.05) is 0 Å². The number of carbonyl (C=O) groups is 2. The molecule has 2 unspecified atom stereocenters. The second-order valence-corrected chi connectivity index (χ2v) is 7.54. The van der Waals surface area contributed by atoms with Gasteiger partial charge < -0.3 is 14.2 Å².